The number of nitriles is 1. The number of amides is 1. The summed E-state index contributed by atoms with van der Waals surface area (Å²) >= 11 is 0. The topological polar surface area (TPSA) is 97.7 Å². The summed E-state index contributed by atoms with van der Waals surface area (Å²) in [6.45, 7) is 3.07. The lowest BCUT2D eigenvalue weighted by atomic mass is 9.97. The van der Waals surface area contributed by atoms with Crippen LogP contribution in [0.4, 0.5) is 0 Å². The first-order chi connectivity index (χ1) is 17.5. The van der Waals surface area contributed by atoms with Crippen LogP contribution in [-0.4, -0.2) is 25.6 Å². The zero-order valence-electron chi connectivity index (χ0n) is 20.3. The quantitative estimate of drug-likeness (QED) is 0.446. The summed E-state index contributed by atoms with van der Waals surface area (Å²) in [5.41, 5.74) is 3.75. The molecule has 1 heterocycles. The molecule has 7 nitrogen and oxygen atoms in total. The molecule has 1 aliphatic heterocycles. The number of esters is 1. The van der Waals surface area contributed by atoms with Crippen LogP contribution in [0.1, 0.15) is 53.2 Å². The van der Waals surface area contributed by atoms with Crippen molar-refractivity contribution in [1.29, 1.82) is 5.26 Å². The minimum absolute atomic E-state index is 0.00477. The van der Waals surface area contributed by atoms with Crippen LogP contribution in [-0.2, 0) is 27.3 Å². The van der Waals surface area contributed by atoms with E-state index in [1.165, 1.54) is 5.56 Å². The van der Waals surface area contributed by atoms with Gasteiger partial charge in [-0.2, -0.15) is 5.26 Å². The Morgan fingerprint density at radius 3 is 2.47 bits per heavy atom. The summed E-state index contributed by atoms with van der Waals surface area (Å²) in [6, 6.07) is 21.5. The third-order valence-electron chi connectivity index (χ3n) is 6.25. The van der Waals surface area contributed by atoms with Crippen molar-refractivity contribution in [1.82, 2.24) is 5.32 Å². The molecule has 0 bridgehead atoms. The number of ether oxygens (including phenoxy) is 3. The van der Waals surface area contributed by atoms with E-state index in [0.717, 1.165) is 23.3 Å². The van der Waals surface area contributed by atoms with E-state index >= 15 is 0 Å². The van der Waals surface area contributed by atoms with Crippen LogP contribution < -0.4 is 14.8 Å². The predicted molar refractivity (Wildman–Crippen MR) is 134 cm³/mol. The first-order valence-corrected chi connectivity index (χ1v) is 11.9. The molecule has 1 aliphatic rings. The molecule has 0 saturated heterocycles. The Morgan fingerprint density at radius 2 is 1.81 bits per heavy atom. The van der Waals surface area contributed by atoms with Crippen molar-refractivity contribution in [2.75, 3.05) is 13.7 Å². The van der Waals surface area contributed by atoms with Crippen molar-refractivity contribution in [3.05, 3.63) is 94.5 Å². The average molecular weight is 485 g/mol. The van der Waals surface area contributed by atoms with Gasteiger partial charge in [-0.1, -0.05) is 43.3 Å². The highest BCUT2D eigenvalue weighted by Crippen LogP contribution is 2.36. The summed E-state index contributed by atoms with van der Waals surface area (Å²) in [7, 11) is 1.57. The second-order valence-corrected chi connectivity index (χ2v) is 8.63. The number of nitrogens with zero attached hydrogens (tertiary/aromatic N) is 1. The van der Waals surface area contributed by atoms with Crippen molar-refractivity contribution in [2.24, 2.45) is 0 Å². The zero-order chi connectivity index (χ0) is 25.5. The summed E-state index contributed by atoms with van der Waals surface area (Å²) in [5.74, 6) is 0.943. The van der Waals surface area contributed by atoms with E-state index in [1.807, 2.05) is 24.3 Å². The summed E-state index contributed by atoms with van der Waals surface area (Å²) in [5, 5.41) is 12.0. The highest BCUT2D eigenvalue weighted by Gasteiger charge is 2.26. The molecule has 0 spiro atoms. The fraction of sp³-hybridized carbons (Fsp3) is 0.276. The molecule has 3 aromatic carbocycles. The van der Waals surface area contributed by atoms with Crippen LogP contribution >= 0.6 is 0 Å². The van der Waals surface area contributed by atoms with Gasteiger partial charge < -0.3 is 19.5 Å². The summed E-state index contributed by atoms with van der Waals surface area (Å²) in [6.07, 6.45) is -0.138. The molecule has 3 aromatic rings. The van der Waals surface area contributed by atoms with Crippen LogP contribution in [0, 0.1) is 11.3 Å². The van der Waals surface area contributed by atoms with Gasteiger partial charge in [0.05, 0.1) is 31.8 Å². The van der Waals surface area contributed by atoms with Crippen molar-refractivity contribution in [3.63, 3.8) is 0 Å². The highest BCUT2D eigenvalue weighted by molar-refractivity contribution is 5.85. The lowest BCUT2D eigenvalue weighted by Gasteiger charge is -2.18. The lowest BCUT2D eigenvalue weighted by Crippen LogP contribution is -2.32. The standard InChI is InChI=1S/C29H28N2O5/c1-3-22-18-35-26-14-21(8-13-25(22)26)17-31-29(33)28(23-9-4-20(16-30)5-10-23)36-27(32)15-19-6-11-24(34-2)12-7-19/h4-14,22,28H,3,15,17-18H2,1-2H3,(H,31,33). The Balaban J connectivity index is 1.46. The number of benzene rings is 3. The Bertz CT molecular complexity index is 1260. The Morgan fingerprint density at radius 1 is 1.08 bits per heavy atom. The fourth-order valence-electron chi connectivity index (χ4n) is 4.14. The van der Waals surface area contributed by atoms with Gasteiger partial charge in [-0.3, -0.25) is 9.59 Å². The van der Waals surface area contributed by atoms with Crippen LogP contribution in [0.25, 0.3) is 0 Å². The van der Waals surface area contributed by atoms with E-state index in [2.05, 4.69) is 12.2 Å². The Labute approximate surface area is 210 Å². The molecule has 1 N–H and O–H groups in total. The number of hydrogen-bond donors (Lipinski definition) is 1. The molecule has 0 aromatic heterocycles. The van der Waals surface area contributed by atoms with Crippen molar-refractivity contribution < 1.29 is 23.8 Å². The maximum Gasteiger partial charge on any atom is 0.311 e. The van der Waals surface area contributed by atoms with Gasteiger partial charge in [-0.15, -0.1) is 0 Å². The fourth-order valence-corrected chi connectivity index (χ4v) is 4.14. The molecule has 0 radical (unpaired) electrons. The van der Waals surface area contributed by atoms with Crippen LogP contribution in [0.5, 0.6) is 11.5 Å². The molecule has 36 heavy (non-hydrogen) atoms. The lowest BCUT2D eigenvalue weighted by molar-refractivity contribution is -0.155. The number of carbonyl (C=O) groups excluding carboxylic acids is 2. The van der Waals surface area contributed by atoms with Crippen molar-refractivity contribution in [2.45, 2.75) is 38.3 Å². The molecule has 0 fully saturated rings. The highest BCUT2D eigenvalue weighted by atomic mass is 16.5. The maximum absolute atomic E-state index is 13.2. The zero-order valence-corrected chi connectivity index (χ0v) is 20.3. The van der Waals surface area contributed by atoms with Gasteiger partial charge >= 0.3 is 5.97 Å². The first kappa shape index (κ1) is 24.8. The van der Waals surface area contributed by atoms with Gasteiger partial charge in [-0.05, 0) is 47.9 Å². The smallest absolute Gasteiger partial charge is 0.311 e. The molecular weight excluding hydrogens is 456 g/mol. The Kier molecular flexibility index (Phi) is 7.86. The summed E-state index contributed by atoms with van der Waals surface area (Å²) < 4.78 is 16.6. The second-order valence-electron chi connectivity index (χ2n) is 8.63. The van der Waals surface area contributed by atoms with Gasteiger partial charge in [0.2, 0.25) is 6.10 Å². The second kappa shape index (κ2) is 11.4. The molecule has 0 saturated carbocycles. The van der Waals surface area contributed by atoms with Gasteiger partial charge in [0.15, 0.2) is 0 Å². The van der Waals surface area contributed by atoms with Crippen LogP contribution in [0.2, 0.25) is 0 Å². The number of rotatable bonds is 9. The third kappa shape index (κ3) is 5.84. The first-order valence-electron chi connectivity index (χ1n) is 11.9. The maximum atomic E-state index is 13.2. The largest absolute Gasteiger partial charge is 0.497 e. The normalized spacial score (nSPS) is 14.6. The summed E-state index contributed by atoms with van der Waals surface area (Å²) in [4.78, 5) is 25.9. The van der Waals surface area contributed by atoms with E-state index in [0.29, 0.717) is 29.4 Å². The minimum Gasteiger partial charge on any atom is -0.497 e. The molecule has 4 rings (SSSR count). The average Bonchev–Trinajstić information content (AvgIpc) is 3.33. The van der Waals surface area contributed by atoms with Crippen LogP contribution in [0.15, 0.2) is 66.7 Å². The van der Waals surface area contributed by atoms with Crippen molar-refractivity contribution in [3.8, 4) is 17.6 Å². The number of carbonyl (C=O) groups is 2. The van der Waals surface area contributed by atoms with Gasteiger partial charge in [-0.25, -0.2) is 0 Å². The molecule has 0 aliphatic carbocycles. The van der Waals surface area contributed by atoms with Gasteiger partial charge in [0.1, 0.15) is 11.5 Å². The molecular formula is C29H28N2O5. The van der Waals surface area contributed by atoms with Gasteiger partial charge in [0.25, 0.3) is 5.91 Å². The monoisotopic (exact) mass is 484 g/mol. The molecule has 2 atom stereocenters. The van der Waals surface area contributed by atoms with E-state index in [-0.39, 0.29) is 13.0 Å². The van der Waals surface area contributed by atoms with E-state index in [1.54, 1.807) is 55.6 Å². The number of nitrogens with one attached hydrogen (secondary N) is 1. The van der Waals surface area contributed by atoms with Crippen molar-refractivity contribution >= 4 is 11.9 Å². The van der Waals surface area contributed by atoms with E-state index in [9.17, 15) is 9.59 Å². The predicted octanol–water partition coefficient (Wildman–Crippen LogP) is 4.60. The molecule has 1 amide bonds. The van der Waals surface area contributed by atoms with E-state index < -0.39 is 18.0 Å². The Hall–Kier alpha value is -4.31. The van der Waals surface area contributed by atoms with E-state index in [4.69, 9.17) is 19.5 Å². The third-order valence-corrected chi connectivity index (χ3v) is 6.25. The number of fused-ring (bicyclic) bond motifs is 1. The van der Waals surface area contributed by atoms with Gasteiger partial charge in [0, 0.05) is 23.6 Å². The molecule has 7 heteroatoms. The molecule has 2 unspecified atom stereocenters. The minimum atomic E-state index is -1.15. The SMILES string of the molecule is CCC1COc2cc(CNC(=O)C(OC(=O)Cc3ccc(OC)cc3)c3ccc(C#N)cc3)ccc21. The molecule has 184 valence electrons. The van der Waals surface area contributed by atoms with Crippen LogP contribution in [0.3, 0.4) is 0 Å². The number of methoxy groups -OCH3 is 1. The number of hydrogen-bond acceptors (Lipinski definition) is 6.